The van der Waals surface area contributed by atoms with Gasteiger partial charge in [-0.3, -0.25) is 14.5 Å². The summed E-state index contributed by atoms with van der Waals surface area (Å²) in [6, 6.07) is 10.4. The van der Waals surface area contributed by atoms with E-state index in [1.54, 1.807) is 28.0 Å². The first-order valence-electron chi connectivity index (χ1n) is 12.4. The van der Waals surface area contributed by atoms with E-state index in [0.717, 1.165) is 22.5 Å². The van der Waals surface area contributed by atoms with Crippen molar-refractivity contribution >= 4 is 40.7 Å². The lowest BCUT2D eigenvalue weighted by Crippen LogP contribution is -2.43. The highest BCUT2D eigenvalue weighted by Gasteiger charge is 2.40. The molecule has 1 aliphatic rings. The molecule has 8 heteroatoms. The van der Waals surface area contributed by atoms with Gasteiger partial charge in [0.25, 0.3) is 0 Å². The van der Waals surface area contributed by atoms with Crippen LogP contribution >= 0.6 is 23.1 Å². The van der Waals surface area contributed by atoms with Crippen LogP contribution in [0.5, 0.6) is 0 Å². The maximum atomic E-state index is 13.6. The maximum Gasteiger partial charge on any atom is 0.240 e. The van der Waals surface area contributed by atoms with Gasteiger partial charge in [-0.25, -0.2) is 4.68 Å². The van der Waals surface area contributed by atoms with Gasteiger partial charge in [-0.15, -0.1) is 23.1 Å². The first-order valence-corrected chi connectivity index (χ1v) is 14.3. The summed E-state index contributed by atoms with van der Waals surface area (Å²) in [6.07, 6.45) is 0. The zero-order valence-electron chi connectivity index (χ0n) is 22.2. The van der Waals surface area contributed by atoms with Gasteiger partial charge < -0.3 is 5.32 Å². The molecule has 6 nitrogen and oxygen atoms in total. The summed E-state index contributed by atoms with van der Waals surface area (Å²) in [5, 5.41) is 10.2. The van der Waals surface area contributed by atoms with Gasteiger partial charge in [0.15, 0.2) is 0 Å². The number of benzene rings is 1. The van der Waals surface area contributed by atoms with Crippen LogP contribution < -0.4 is 10.2 Å². The number of hydrogen-bond acceptors (Lipinski definition) is 5. The second-order valence-electron chi connectivity index (χ2n) is 10.9. The Kier molecular flexibility index (Phi) is 7.67. The molecular formula is C28H36N4O2S2. The molecule has 0 aliphatic carbocycles. The quantitative estimate of drug-likeness (QED) is 0.443. The minimum atomic E-state index is -0.261. The zero-order valence-corrected chi connectivity index (χ0v) is 23.8. The number of carbonyl (C=O) groups excluding carboxylic acids is 2. The fourth-order valence-corrected chi connectivity index (χ4v) is 6.64. The molecule has 36 heavy (non-hydrogen) atoms. The molecule has 0 unspecified atom stereocenters. The highest BCUT2D eigenvalue weighted by Crippen LogP contribution is 2.49. The second-order valence-corrected chi connectivity index (χ2v) is 13.0. The zero-order chi connectivity index (χ0) is 26.2. The molecule has 1 aliphatic heterocycles. The third-order valence-electron chi connectivity index (χ3n) is 6.19. The molecule has 1 N–H and O–H groups in total. The fraction of sp³-hybridized carbons (Fsp3) is 0.464. The lowest BCUT2D eigenvalue weighted by molar-refractivity contribution is -0.123. The van der Waals surface area contributed by atoms with Gasteiger partial charge in [-0.2, -0.15) is 5.10 Å². The Balaban J connectivity index is 1.97. The van der Waals surface area contributed by atoms with Crippen molar-refractivity contribution in [1.29, 1.82) is 0 Å². The van der Waals surface area contributed by atoms with Crippen LogP contribution in [0.4, 0.5) is 5.82 Å². The molecule has 0 saturated heterocycles. The molecule has 0 radical (unpaired) electrons. The van der Waals surface area contributed by atoms with Crippen LogP contribution in [0.3, 0.4) is 0 Å². The van der Waals surface area contributed by atoms with Crippen LogP contribution in [-0.4, -0.2) is 40.4 Å². The van der Waals surface area contributed by atoms with Crippen molar-refractivity contribution in [2.45, 2.75) is 59.1 Å². The Hall–Kier alpha value is -2.58. The van der Waals surface area contributed by atoms with E-state index in [-0.39, 0.29) is 29.0 Å². The third-order valence-corrected chi connectivity index (χ3v) is 8.51. The number of fused-ring (bicyclic) bond motifs is 1. The molecule has 192 valence electrons. The van der Waals surface area contributed by atoms with E-state index in [1.807, 2.05) is 4.68 Å². The number of amides is 2. The number of rotatable bonds is 6. The SMILES string of the molecule is Cc1ccc(-n2nc(C(C)(C)C)c3c2N(CC(=O)NCC(C)C)C(=O)CS[C@H]3c2cccs2)c(C)c1. The van der Waals surface area contributed by atoms with Crippen molar-refractivity contribution in [2.75, 3.05) is 23.7 Å². The number of aromatic nitrogens is 2. The van der Waals surface area contributed by atoms with E-state index in [1.165, 1.54) is 10.4 Å². The van der Waals surface area contributed by atoms with Gasteiger partial charge >= 0.3 is 0 Å². The molecule has 0 fully saturated rings. The van der Waals surface area contributed by atoms with E-state index < -0.39 is 0 Å². The highest BCUT2D eigenvalue weighted by molar-refractivity contribution is 8.00. The Morgan fingerprint density at radius 1 is 1.22 bits per heavy atom. The average molecular weight is 525 g/mol. The van der Waals surface area contributed by atoms with E-state index in [0.29, 0.717) is 24.0 Å². The predicted molar refractivity (Wildman–Crippen MR) is 151 cm³/mol. The average Bonchev–Trinajstić information content (AvgIpc) is 3.42. The van der Waals surface area contributed by atoms with Gasteiger partial charge in [-0.05, 0) is 42.8 Å². The second kappa shape index (κ2) is 10.4. The summed E-state index contributed by atoms with van der Waals surface area (Å²) in [5.41, 5.74) is 4.87. The van der Waals surface area contributed by atoms with E-state index in [2.05, 4.69) is 89.5 Å². The first kappa shape index (κ1) is 26.5. The summed E-state index contributed by atoms with van der Waals surface area (Å²) in [4.78, 5) is 29.5. The molecule has 2 aromatic heterocycles. The van der Waals surface area contributed by atoms with Crippen LogP contribution in [0.2, 0.25) is 0 Å². The topological polar surface area (TPSA) is 67.2 Å². The number of carbonyl (C=O) groups is 2. The van der Waals surface area contributed by atoms with Crippen molar-refractivity contribution in [3.05, 3.63) is 63.0 Å². The minimum absolute atomic E-state index is 0.0313. The van der Waals surface area contributed by atoms with Gasteiger partial charge in [0.1, 0.15) is 12.4 Å². The van der Waals surface area contributed by atoms with Gasteiger partial charge in [0.2, 0.25) is 11.8 Å². The Labute approximate surface area is 222 Å². The lowest BCUT2D eigenvalue weighted by Gasteiger charge is -2.24. The first-order chi connectivity index (χ1) is 17.0. The largest absolute Gasteiger partial charge is 0.354 e. The monoisotopic (exact) mass is 524 g/mol. The fourth-order valence-electron chi connectivity index (χ4n) is 4.47. The number of hydrogen-bond donors (Lipinski definition) is 1. The van der Waals surface area contributed by atoms with Gasteiger partial charge in [-0.1, -0.05) is 58.4 Å². The predicted octanol–water partition coefficient (Wildman–Crippen LogP) is 5.79. The number of thiophene rings is 1. The van der Waals surface area contributed by atoms with Crippen LogP contribution in [0, 0.1) is 19.8 Å². The van der Waals surface area contributed by atoms with E-state index in [4.69, 9.17) is 5.10 Å². The molecule has 0 saturated carbocycles. The van der Waals surface area contributed by atoms with Crippen molar-refractivity contribution in [1.82, 2.24) is 15.1 Å². The molecule has 3 heterocycles. The molecule has 1 aromatic carbocycles. The van der Waals surface area contributed by atoms with Gasteiger partial charge in [0, 0.05) is 22.4 Å². The number of aryl methyl sites for hydroxylation is 2. The number of nitrogens with one attached hydrogen (secondary N) is 1. The van der Waals surface area contributed by atoms with Crippen molar-refractivity contribution in [3.8, 4) is 5.69 Å². The minimum Gasteiger partial charge on any atom is -0.354 e. The smallest absolute Gasteiger partial charge is 0.240 e. The van der Waals surface area contributed by atoms with Gasteiger partial charge in [0.05, 0.1) is 22.4 Å². The summed E-state index contributed by atoms with van der Waals surface area (Å²) < 4.78 is 1.91. The van der Waals surface area contributed by atoms with Crippen LogP contribution in [-0.2, 0) is 15.0 Å². The standard InChI is InChI=1S/C28H36N4O2S2/c1-17(2)14-29-22(33)15-31-23(34)16-36-25(21-9-8-12-35-21)24-26(28(5,6)7)30-32(27(24)31)20-11-10-18(3)13-19(20)4/h8-13,17,25H,14-16H2,1-7H3,(H,29,33)/t25-/m0/s1. The molecular weight excluding hydrogens is 488 g/mol. The van der Waals surface area contributed by atoms with Crippen LogP contribution in [0.25, 0.3) is 5.69 Å². The van der Waals surface area contributed by atoms with E-state index in [9.17, 15) is 9.59 Å². The normalized spacial score (nSPS) is 16.3. The summed E-state index contributed by atoms with van der Waals surface area (Å²) in [7, 11) is 0. The molecule has 0 bridgehead atoms. The number of anilines is 1. The highest BCUT2D eigenvalue weighted by atomic mass is 32.2. The maximum absolute atomic E-state index is 13.6. The summed E-state index contributed by atoms with van der Waals surface area (Å²) in [6.45, 7) is 15.3. The van der Waals surface area contributed by atoms with E-state index >= 15 is 0 Å². The summed E-state index contributed by atoms with van der Waals surface area (Å²) in [5.74, 6) is 1.10. The van der Waals surface area contributed by atoms with Crippen molar-refractivity contribution in [2.24, 2.45) is 5.92 Å². The molecule has 0 spiro atoms. The molecule has 2 amide bonds. The van der Waals surface area contributed by atoms with Crippen molar-refractivity contribution < 1.29 is 9.59 Å². The lowest BCUT2D eigenvalue weighted by atomic mass is 9.88. The summed E-state index contributed by atoms with van der Waals surface area (Å²) >= 11 is 3.31. The Bertz CT molecular complexity index is 1260. The molecule has 1 atom stereocenters. The Morgan fingerprint density at radius 3 is 2.58 bits per heavy atom. The van der Waals surface area contributed by atoms with Crippen LogP contribution in [0.15, 0.2) is 35.7 Å². The molecule has 3 aromatic rings. The molecule has 4 rings (SSSR count). The number of nitrogens with zero attached hydrogens (tertiary/aromatic N) is 3. The Morgan fingerprint density at radius 2 is 1.97 bits per heavy atom. The van der Waals surface area contributed by atoms with Crippen molar-refractivity contribution in [3.63, 3.8) is 0 Å². The van der Waals surface area contributed by atoms with Crippen LogP contribution in [0.1, 0.15) is 67.1 Å². The number of thioether (sulfide) groups is 1. The third kappa shape index (κ3) is 5.39.